The number of pyridine rings is 1. The molecule has 5 nitrogen and oxygen atoms in total. The summed E-state index contributed by atoms with van der Waals surface area (Å²) in [6.07, 6.45) is 0. The maximum absolute atomic E-state index is 11.7. The average Bonchev–Trinajstić information content (AvgIpc) is 2.84. The van der Waals surface area contributed by atoms with E-state index in [4.69, 9.17) is 4.42 Å². The molecular formula is C11H9N3O2. The Labute approximate surface area is 90.3 Å². The summed E-state index contributed by atoms with van der Waals surface area (Å²) >= 11 is 0. The molecule has 3 aromatic rings. The van der Waals surface area contributed by atoms with Crippen LogP contribution in [0, 0.1) is 6.92 Å². The molecular weight excluding hydrogens is 206 g/mol. The van der Waals surface area contributed by atoms with E-state index in [-0.39, 0.29) is 5.56 Å². The fourth-order valence-electron chi connectivity index (χ4n) is 1.68. The van der Waals surface area contributed by atoms with Gasteiger partial charge < -0.3 is 4.42 Å². The molecule has 3 aromatic heterocycles. The lowest BCUT2D eigenvalue weighted by molar-refractivity contribution is 0.543. The van der Waals surface area contributed by atoms with Crippen LogP contribution in [0.1, 0.15) is 5.76 Å². The molecule has 0 aliphatic heterocycles. The molecule has 0 atom stereocenters. The number of nitrogens with one attached hydrogen (secondary N) is 1. The number of aromatic amines is 1. The minimum atomic E-state index is -0.129. The van der Waals surface area contributed by atoms with E-state index in [0.717, 1.165) is 5.76 Å². The topological polar surface area (TPSA) is 63.3 Å². The first-order chi connectivity index (χ1) is 7.75. The summed E-state index contributed by atoms with van der Waals surface area (Å²) in [5, 5.41) is 6.87. The van der Waals surface area contributed by atoms with Gasteiger partial charge in [0.15, 0.2) is 5.76 Å². The number of aromatic nitrogens is 3. The zero-order valence-corrected chi connectivity index (χ0v) is 8.60. The average molecular weight is 215 g/mol. The molecule has 16 heavy (non-hydrogen) atoms. The third-order valence-corrected chi connectivity index (χ3v) is 2.40. The van der Waals surface area contributed by atoms with E-state index in [0.29, 0.717) is 17.2 Å². The summed E-state index contributed by atoms with van der Waals surface area (Å²) in [6, 6.07) is 8.59. The molecule has 0 saturated carbocycles. The van der Waals surface area contributed by atoms with E-state index in [2.05, 4.69) is 10.2 Å². The van der Waals surface area contributed by atoms with Crippen LogP contribution < -0.4 is 5.56 Å². The largest absolute Gasteiger partial charge is 0.458 e. The van der Waals surface area contributed by atoms with Crippen molar-refractivity contribution in [3.05, 3.63) is 46.4 Å². The standard InChI is InChI=1S/C11H9N3O2/c1-7-5-6-8(16-7)11-13-12-9-3-2-4-10(15)14(9)11/h2-6,12H,1H3. The summed E-state index contributed by atoms with van der Waals surface area (Å²) in [5.74, 6) is 1.86. The van der Waals surface area contributed by atoms with Crippen LogP contribution in [-0.2, 0) is 0 Å². The van der Waals surface area contributed by atoms with Crippen molar-refractivity contribution in [3.63, 3.8) is 0 Å². The van der Waals surface area contributed by atoms with Crippen LogP contribution in [0.2, 0.25) is 0 Å². The molecule has 0 unspecified atom stereocenters. The number of nitrogens with zero attached hydrogens (tertiary/aromatic N) is 2. The van der Waals surface area contributed by atoms with Gasteiger partial charge >= 0.3 is 0 Å². The van der Waals surface area contributed by atoms with Crippen LogP contribution in [0.5, 0.6) is 0 Å². The van der Waals surface area contributed by atoms with Crippen molar-refractivity contribution in [2.24, 2.45) is 0 Å². The molecule has 0 radical (unpaired) electrons. The zero-order valence-electron chi connectivity index (χ0n) is 8.60. The van der Waals surface area contributed by atoms with Crippen LogP contribution in [0.25, 0.3) is 17.2 Å². The van der Waals surface area contributed by atoms with Crippen LogP contribution in [0.3, 0.4) is 0 Å². The minimum absolute atomic E-state index is 0.129. The summed E-state index contributed by atoms with van der Waals surface area (Å²) in [4.78, 5) is 11.7. The van der Waals surface area contributed by atoms with Gasteiger partial charge in [0.2, 0.25) is 5.82 Å². The van der Waals surface area contributed by atoms with Gasteiger partial charge in [-0.2, -0.15) is 5.10 Å². The maximum Gasteiger partial charge on any atom is 0.258 e. The van der Waals surface area contributed by atoms with E-state index in [1.165, 1.54) is 10.5 Å². The monoisotopic (exact) mass is 215 g/mol. The molecule has 0 amide bonds. The Bertz CT molecular complexity index is 705. The smallest absolute Gasteiger partial charge is 0.258 e. The molecule has 1 N–H and O–H groups in total. The number of rotatable bonds is 1. The Morgan fingerprint density at radius 1 is 1.31 bits per heavy atom. The van der Waals surface area contributed by atoms with E-state index < -0.39 is 0 Å². The van der Waals surface area contributed by atoms with Crippen LogP contribution in [0.4, 0.5) is 0 Å². The van der Waals surface area contributed by atoms with E-state index >= 15 is 0 Å². The maximum atomic E-state index is 11.7. The molecule has 0 bridgehead atoms. The van der Waals surface area contributed by atoms with Crippen molar-refractivity contribution >= 4 is 5.65 Å². The molecule has 0 aliphatic carbocycles. The Kier molecular flexibility index (Phi) is 1.73. The molecule has 0 spiro atoms. The third kappa shape index (κ3) is 1.18. The first-order valence-corrected chi connectivity index (χ1v) is 4.89. The second-order valence-electron chi connectivity index (χ2n) is 3.54. The summed E-state index contributed by atoms with van der Waals surface area (Å²) in [7, 11) is 0. The molecule has 0 aromatic carbocycles. The predicted octanol–water partition coefficient (Wildman–Crippen LogP) is 1.59. The van der Waals surface area contributed by atoms with Crippen LogP contribution in [-0.4, -0.2) is 14.6 Å². The quantitative estimate of drug-likeness (QED) is 0.670. The number of furan rings is 1. The van der Waals surface area contributed by atoms with Crippen molar-refractivity contribution in [1.82, 2.24) is 14.6 Å². The molecule has 80 valence electrons. The highest BCUT2D eigenvalue weighted by Crippen LogP contribution is 2.19. The van der Waals surface area contributed by atoms with Crippen molar-refractivity contribution in [1.29, 1.82) is 0 Å². The normalized spacial score (nSPS) is 11.1. The Morgan fingerprint density at radius 2 is 2.19 bits per heavy atom. The summed E-state index contributed by atoms with van der Waals surface area (Å²) in [5.41, 5.74) is 0.520. The van der Waals surface area contributed by atoms with Gasteiger partial charge in [-0.15, -0.1) is 0 Å². The Morgan fingerprint density at radius 3 is 2.94 bits per heavy atom. The fraction of sp³-hybridized carbons (Fsp3) is 0.0909. The van der Waals surface area contributed by atoms with Gasteiger partial charge in [-0.05, 0) is 25.1 Å². The third-order valence-electron chi connectivity index (χ3n) is 2.40. The van der Waals surface area contributed by atoms with Crippen molar-refractivity contribution in [2.45, 2.75) is 6.92 Å². The summed E-state index contributed by atoms with van der Waals surface area (Å²) in [6.45, 7) is 1.85. The van der Waals surface area contributed by atoms with E-state index in [9.17, 15) is 4.79 Å². The summed E-state index contributed by atoms with van der Waals surface area (Å²) < 4.78 is 6.93. The molecule has 0 fully saturated rings. The highest BCUT2D eigenvalue weighted by atomic mass is 16.3. The van der Waals surface area contributed by atoms with Gasteiger partial charge in [0.25, 0.3) is 5.56 Å². The second-order valence-corrected chi connectivity index (χ2v) is 3.54. The number of hydrogen-bond donors (Lipinski definition) is 1. The van der Waals surface area contributed by atoms with Crippen LogP contribution in [0.15, 0.2) is 39.5 Å². The van der Waals surface area contributed by atoms with Gasteiger partial charge in [0.1, 0.15) is 11.4 Å². The van der Waals surface area contributed by atoms with Crippen molar-refractivity contribution < 1.29 is 4.42 Å². The molecule has 0 aliphatic rings. The van der Waals surface area contributed by atoms with E-state index in [1.54, 1.807) is 18.2 Å². The van der Waals surface area contributed by atoms with Gasteiger partial charge in [0, 0.05) is 6.07 Å². The van der Waals surface area contributed by atoms with Gasteiger partial charge in [-0.3, -0.25) is 9.89 Å². The zero-order chi connectivity index (χ0) is 11.1. The van der Waals surface area contributed by atoms with Crippen LogP contribution >= 0.6 is 0 Å². The Hall–Kier alpha value is -2.30. The Balaban J connectivity index is 2.37. The second kappa shape index (κ2) is 3.10. The lowest BCUT2D eigenvalue weighted by Crippen LogP contribution is -2.11. The first kappa shape index (κ1) is 8.96. The lowest BCUT2D eigenvalue weighted by Gasteiger charge is -1.94. The van der Waals surface area contributed by atoms with Gasteiger partial charge in [0.05, 0.1) is 0 Å². The number of hydrogen-bond acceptors (Lipinski definition) is 3. The number of H-pyrrole nitrogens is 1. The molecule has 5 heteroatoms. The molecule has 3 heterocycles. The first-order valence-electron chi connectivity index (χ1n) is 4.89. The van der Waals surface area contributed by atoms with Crippen molar-refractivity contribution in [3.8, 4) is 11.6 Å². The van der Waals surface area contributed by atoms with Crippen molar-refractivity contribution in [2.75, 3.05) is 0 Å². The van der Waals surface area contributed by atoms with Gasteiger partial charge in [-0.1, -0.05) is 6.07 Å². The molecule has 3 rings (SSSR count). The highest BCUT2D eigenvalue weighted by Gasteiger charge is 2.11. The number of aryl methyl sites for hydroxylation is 1. The van der Waals surface area contributed by atoms with E-state index in [1.807, 2.05) is 13.0 Å². The SMILES string of the molecule is Cc1ccc(-c2n[nH]c3cccc(=O)n23)o1. The number of fused-ring (bicyclic) bond motifs is 1. The lowest BCUT2D eigenvalue weighted by atomic mass is 10.4. The highest BCUT2D eigenvalue weighted by molar-refractivity contribution is 5.53. The fourth-order valence-corrected chi connectivity index (χ4v) is 1.68. The minimum Gasteiger partial charge on any atom is -0.458 e. The molecule has 0 saturated heterocycles. The van der Waals surface area contributed by atoms with Gasteiger partial charge in [-0.25, -0.2) is 4.40 Å². The predicted molar refractivity (Wildman–Crippen MR) is 58.3 cm³/mol.